The summed E-state index contributed by atoms with van der Waals surface area (Å²) < 4.78 is 18.3. The predicted octanol–water partition coefficient (Wildman–Crippen LogP) is 2.78. The van der Waals surface area contributed by atoms with Crippen LogP contribution in [0.2, 0.25) is 0 Å². The highest BCUT2D eigenvalue weighted by atomic mass is 19.1. The summed E-state index contributed by atoms with van der Waals surface area (Å²) in [6, 6.07) is 6.30. The van der Waals surface area contributed by atoms with Crippen LogP contribution in [0.4, 0.5) is 9.18 Å². The number of nitrogens with one attached hydrogen (secondary N) is 2. The smallest absolute Gasteiger partial charge is 0.407 e. The normalized spacial score (nSPS) is 14.9. The van der Waals surface area contributed by atoms with Crippen LogP contribution in [0, 0.1) is 5.82 Å². The second-order valence-corrected chi connectivity index (χ2v) is 8.53. The van der Waals surface area contributed by atoms with Gasteiger partial charge >= 0.3 is 6.09 Å². The van der Waals surface area contributed by atoms with Gasteiger partial charge in [0.2, 0.25) is 11.8 Å². The van der Waals surface area contributed by atoms with Crippen molar-refractivity contribution >= 4 is 17.9 Å². The third-order valence-electron chi connectivity index (χ3n) is 4.75. The molecule has 1 aliphatic rings. The van der Waals surface area contributed by atoms with Gasteiger partial charge in [0.25, 0.3) is 0 Å². The molecule has 2 N–H and O–H groups in total. The largest absolute Gasteiger partial charge is 0.444 e. The quantitative estimate of drug-likeness (QED) is 0.709. The van der Waals surface area contributed by atoms with E-state index in [0.29, 0.717) is 38.8 Å². The summed E-state index contributed by atoms with van der Waals surface area (Å²) in [6.07, 6.45) is 1.86. The van der Waals surface area contributed by atoms with E-state index in [4.69, 9.17) is 4.74 Å². The van der Waals surface area contributed by atoms with Gasteiger partial charge in [-0.3, -0.25) is 9.59 Å². The summed E-state index contributed by atoms with van der Waals surface area (Å²) in [5.74, 6) is -0.390. The maximum absolute atomic E-state index is 13.2. The molecule has 1 aromatic carbocycles. The molecular formula is C22H32FN3O4. The number of piperidine rings is 1. The molecule has 0 aromatic heterocycles. The topological polar surface area (TPSA) is 87.7 Å². The highest BCUT2D eigenvalue weighted by molar-refractivity contribution is 5.78. The fraction of sp³-hybridized carbons (Fsp3) is 0.591. The SMILES string of the molecule is CC(C)(C)OC(=O)NCCC(=O)N1CCC(NC(=O)CCc2cccc(F)c2)CC1. The number of carbonyl (C=O) groups is 3. The Hall–Kier alpha value is -2.64. The summed E-state index contributed by atoms with van der Waals surface area (Å²) >= 11 is 0. The standard InChI is InChI=1S/C22H32FN3O4/c1-22(2,3)30-21(29)24-12-9-20(28)26-13-10-18(11-14-26)25-19(27)8-7-16-5-4-6-17(23)15-16/h4-6,15,18H,7-14H2,1-3H3,(H,24,29)(H,25,27). The predicted molar refractivity (Wildman–Crippen MR) is 111 cm³/mol. The van der Waals surface area contributed by atoms with Crippen molar-refractivity contribution in [3.63, 3.8) is 0 Å². The van der Waals surface area contributed by atoms with Gasteiger partial charge in [0.05, 0.1) is 0 Å². The molecule has 7 nitrogen and oxygen atoms in total. The Balaban J connectivity index is 1.62. The molecule has 0 bridgehead atoms. The van der Waals surface area contributed by atoms with Crippen LogP contribution in [0.3, 0.4) is 0 Å². The zero-order valence-electron chi connectivity index (χ0n) is 18.0. The van der Waals surface area contributed by atoms with Gasteiger partial charge in [-0.1, -0.05) is 12.1 Å². The first-order chi connectivity index (χ1) is 14.1. The number of nitrogens with zero attached hydrogens (tertiary/aromatic N) is 1. The first-order valence-electron chi connectivity index (χ1n) is 10.4. The van der Waals surface area contributed by atoms with Gasteiger partial charge in [-0.15, -0.1) is 0 Å². The van der Waals surface area contributed by atoms with E-state index in [9.17, 15) is 18.8 Å². The van der Waals surface area contributed by atoms with Crippen LogP contribution in [0.25, 0.3) is 0 Å². The maximum Gasteiger partial charge on any atom is 0.407 e. The molecule has 0 radical (unpaired) electrons. The number of amides is 3. The Morgan fingerprint density at radius 1 is 1.17 bits per heavy atom. The number of alkyl carbamates (subject to hydrolysis) is 1. The van der Waals surface area contributed by atoms with Crippen LogP contribution in [0.5, 0.6) is 0 Å². The molecule has 0 atom stereocenters. The summed E-state index contributed by atoms with van der Waals surface area (Å²) in [5, 5.41) is 5.58. The number of carbonyl (C=O) groups excluding carboxylic acids is 3. The second-order valence-electron chi connectivity index (χ2n) is 8.53. The van der Waals surface area contributed by atoms with E-state index >= 15 is 0 Å². The number of hydrogen-bond donors (Lipinski definition) is 2. The van der Waals surface area contributed by atoms with Crippen LogP contribution >= 0.6 is 0 Å². The number of benzene rings is 1. The molecule has 0 saturated carbocycles. The average molecular weight is 422 g/mol. The number of rotatable bonds is 7. The lowest BCUT2D eigenvalue weighted by Gasteiger charge is -2.32. The zero-order valence-corrected chi connectivity index (χ0v) is 18.0. The monoisotopic (exact) mass is 421 g/mol. The Labute approximate surface area is 177 Å². The molecule has 1 aromatic rings. The van der Waals surface area contributed by atoms with Gasteiger partial charge in [-0.25, -0.2) is 9.18 Å². The molecule has 1 saturated heterocycles. The van der Waals surface area contributed by atoms with E-state index in [0.717, 1.165) is 5.56 Å². The van der Waals surface area contributed by atoms with E-state index in [1.807, 2.05) is 0 Å². The van der Waals surface area contributed by atoms with Crippen LogP contribution in [0.15, 0.2) is 24.3 Å². The van der Waals surface area contributed by atoms with Gasteiger partial charge in [-0.2, -0.15) is 0 Å². The minimum Gasteiger partial charge on any atom is -0.444 e. The molecule has 3 amide bonds. The lowest BCUT2D eigenvalue weighted by Crippen LogP contribution is -2.47. The summed E-state index contributed by atoms with van der Waals surface area (Å²) in [6.45, 7) is 6.71. The van der Waals surface area contributed by atoms with Crippen LogP contribution in [-0.4, -0.2) is 54.1 Å². The van der Waals surface area contributed by atoms with Crippen LogP contribution in [-0.2, 0) is 20.7 Å². The third kappa shape index (κ3) is 8.80. The fourth-order valence-corrected chi connectivity index (χ4v) is 3.27. The molecule has 1 fully saturated rings. The number of aryl methyl sites for hydroxylation is 1. The van der Waals surface area contributed by atoms with E-state index in [1.165, 1.54) is 12.1 Å². The van der Waals surface area contributed by atoms with Gasteiger partial charge in [0.1, 0.15) is 11.4 Å². The minimum absolute atomic E-state index is 0.0260. The molecular weight excluding hydrogens is 389 g/mol. The van der Waals surface area contributed by atoms with Crippen molar-refractivity contribution in [2.75, 3.05) is 19.6 Å². The fourth-order valence-electron chi connectivity index (χ4n) is 3.27. The average Bonchev–Trinajstić information content (AvgIpc) is 2.65. The number of ether oxygens (including phenoxy) is 1. The molecule has 1 heterocycles. The van der Waals surface area contributed by atoms with Crippen LogP contribution < -0.4 is 10.6 Å². The number of halogens is 1. The van der Waals surface area contributed by atoms with Crippen molar-refractivity contribution in [2.45, 2.75) is 64.5 Å². The summed E-state index contributed by atoms with van der Waals surface area (Å²) in [7, 11) is 0. The van der Waals surface area contributed by atoms with Crippen LogP contribution in [0.1, 0.15) is 52.0 Å². The molecule has 166 valence electrons. The van der Waals surface area contributed by atoms with Gasteiger partial charge in [-0.05, 0) is 57.7 Å². The van der Waals surface area contributed by atoms with E-state index < -0.39 is 11.7 Å². The van der Waals surface area contributed by atoms with E-state index in [1.54, 1.807) is 37.8 Å². The molecule has 0 aliphatic carbocycles. The maximum atomic E-state index is 13.2. The zero-order chi connectivity index (χ0) is 22.1. The molecule has 2 rings (SSSR count). The minimum atomic E-state index is -0.572. The highest BCUT2D eigenvalue weighted by Crippen LogP contribution is 2.13. The Morgan fingerprint density at radius 3 is 2.50 bits per heavy atom. The van der Waals surface area contributed by atoms with Crippen molar-refractivity contribution in [3.8, 4) is 0 Å². The third-order valence-corrected chi connectivity index (χ3v) is 4.75. The molecule has 1 aliphatic heterocycles. The van der Waals surface area contributed by atoms with Gasteiger partial charge < -0.3 is 20.3 Å². The van der Waals surface area contributed by atoms with Crippen molar-refractivity contribution in [2.24, 2.45) is 0 Å². The Bertz CT molecular complexity index is 740. The van der Waals surface area contributed by atoms with E-state index in [-0.39, 0.29) is 36.6 Å². The molecule has 8 heteroatoms. The summed E-state index contributed by atoms with van der Waals surface area (Å²) in [5.41, 5.74) is 0.225. The molecule has 30 heavy (non-hydrogen) atoms. The highest BCUT2D eigenvalue weighted by Gasteiger charge is 2.24. The first-order valence-corrected chi connectivity index (χ1v) is 10.4. The van der Waals surface area contributed by atoms with Crippen molar-refractivity contribution in [1.82, 2.24) is 15.5 Å². The number of likely N-dealkylation sites (tertiary alicyclic amines) is 1. The van der Waals surface area contributed by atoms with E-state index in [2.05, 4.69) is 10.6 Å². The first kappa shape index (κ1) is 23.6. The Kier molecular flexibility index (Phi) is 8.62. The lowest BCUT2D eigenvalue weighted by atomic mass is 10.0. The lowest BCUT2D eigenvalue weighted by molar-refractivity contribution is -0.132. The number of hydrogen-bond acceptors (Lipinski definition) is 4. The molecule has 0 unspecified atom stereocenters. The van der Waals surface area contributed by atoms with Gasteiger partial charge in [0.15, 0.2) is 0 Å². The Morgan fingerprint density at radius 2 is 1.87 bits per heavy atom. The van der Waals surface area contributed by atoms with Crippen molar-refractivity contribution in [1.29, 1.82) is 0 Å². The van der Waals surface area contributed by atoms with Gasteiger partial charge in [0, 0.05) is 38.5 Å². The van der Waals surface area contributed by atoms with Crippen molar-refractivity contribution in [3.05, 3.63) is 35.6 Å². The van der Waals surface area contributed by atoms with Crippen molar-refractivity contribution < 1.29 is 23.5 Å². The molecule has 0 spiro atoms. The summed E-state index contributed by atoms with van der Waals surface area (Å²) in [4.78, 5) is 37.8. The second kappa shape index (κ2) is 10.9.